The van der Waals surface area contributed by atoms with Crippen LogP contribution < -0.4 is 15.9 Å². The molecule has 0 unspecified atom stereocenters. The van der Waals surface area contributed by atoms with Crippen molar-refractivity contribution in [3.63, 3.8) is 0 Å². The Morgan fingerprint density at radius 2 is 0.789 bits per heavy atom. The molecule has 192 valence electrons. The van der Waals surface area contributed by atoms with E-state index in [1.807, 2.05) is 24.3 Å². The molecule has 38 heavy (non-hydrogen) atoms. The second kappa shape index (κ2) is 12.2. The van der Waals surface area contributed by atoms with Crippen molar-refractivity contribution in [1.29, 1.82) is 0 Å². The minimum absolute atomic E-state index is 0.319. The summed E-state index contributed by atoms with van der Waals surface area (Å²) in [6.07, 6.45) is 0. The van der Waals surface area contributed by atoms with E-state index in [0.717, 1.165) is 0 Å². The summed E-state index contributed by atoms with van der Waals surface area (Å²) in [5, 5.41) is 14.0. The monoisotopic (exact) mass is 516 g/mol. The quantitative estimate of drug-likeness (QED) is 0.238. The minimum Gasteiger partial charge on any atom is -0.508 e. The summed E-state index contributed by atoms with van der Waals surface area (Å²) in [4.78, 5) is 0. The Morgan fingerprint density at radius 3 is 1.18 bits per heavy atom. The zero-order valence-electron chi connectivity index (χ0n) is 23.3. The molecule has 0 radical (unpaired) electrons. The van der Waals surface area contributed by atoms with Gasteiger partial charge >= 0.3 is 0 Å². The Bertz CT molecular complexity index is 1410. The molecule has 0 amide bonds. The van der Waals surface area contributed by atoms with E-state index in [0.29, 0.717) is 5.75 Å². The molecule has 1 N–H and O–H groups in total. The maximum atomic E-state index is 9.79. The fourth-order valence-electron chi connectivity index (χ4n) is 4.79. The van der Waals surface area contributed by atoms with E-state index >= 15 is 0 Å². The van der Waals surface area contributed by atoms with Gasteiger partial charge in [-0.3, -0.25) is 0 Å². The fraction of sp³-hybridized carbons (Fsp3) is 0.167. The third-order valence-corrected chi connectivity index (χ3v) is 10.3. The van der Waals surface area contributed by atoms with E-state index in [9.17, 15) is 5.11 Å². The van der Waals surface area contributed by atoms with Gasteiger partial charge in [-0.15, -0.1) is 0 Å². The lowest BCUT2D eigenvalue weighted by molar-refractivity contribution is 0.475. The van der Waals surface area contributed by atoms with Gasteiger partial charge in [0.2, 0.25) is 0 Å². The van der Waals surface area contributed by atoms with Crippen LogP contribution in [0.3, 0.4) is 0 Å². The lowest BCUT2D eigenvalue weighted by Crippen LogP contribution is -2.28. The first-order chi connectivity index (χ1) is 18.3. The van der Waals surface area contributed by atoms with E-state index in [1.165, 1.54) is 60.4 Å². The lowest BCUT2D eigenvalue weighted by Gasteiger charge is -2.28. The molecule has 0 saturated heterocycles. The van der Waals surface area contributed by atoms with Crippen molar-refractivity contribution in [1.82, 2.24) is 0 Å². The van der Waals surface area contributed by atoms with Crippen LogP contribution in [0.15, 0.2) is 109 Å². The first kappa shape index (κ1) is 27.4. The normalized spacial score (nSPS) is 10.7. The summed E-state index contributed by atoms with van der Waals surface area (Å²) in [5.74, 6) is 0.319. The highest BCUT2D eigenvalue weighted by Crippen LogP contribution is 2.39. The van der Waals surface area contributed by atoms with Crippen LogP contribution in [0.5, 0.6) is 5.75 Å². The number of phenolic OH excluding ortho intramolecular Hbond substituents is 1. The Kier molecular flexibility index (Phi) is 8.82. The van der Waals surface area contributed by atoms with Crippen LogP contribution in [0.4, 0.5) is 0 Å². The molecule has 5 aromatic rings. The van der Waals surface area contributed by atoms with E-state index in [1.54, 1.807) is 0 Å². The smallest absolute Gasteiger partial charge is 0.115 e. The minimum atomic E-state index is -0.685. The molecule has 0 fully saturated rings. The molecule has 0 aliphatic heterocycles. The van der Waals surface area contributed by atoms with Crippen LogP contribution >= 0.6 is 7.92 Å². The third kappa shape index (κ3) is 6.07. The van der Waals surface area contributed by atoms with Gasteiger partial charge in [0.05, 0.1) is 0 Å². The van der Waals surface area contributed by atoms with Crippen molar-refractivity contribution in [3.05, 3.63) is 143 Å². The molecule has 0 bridgehead atoms. The van der Waals surface area contributed by atoms with E-state index in [2.05, 4.69) is 126 Å². The number of phenols is 1. The fourth-order valence-corrected chi connectivity index (χ4v) is 7.86. The highest BCUT2D eigenvalue weighted by atomic mass is 31.1. The molecule has 2 heteroatoms. The topological polar surface area (TPSA) is 20.2 Å². The molecule has 0 aromatic heterocycles. The van der Waals surface area contributed by atoms with Crippen LogP contribution in [-0.4, -0.2) is 5.11 Å². The predicted molar refractivity (Wildman–Crippen MR) is 167 cm³/mol. The zero-order chi connectivity index (χ0) is 27.2. The third-order valence-electron chi connectivity index (χ3n) is 7.24. The highest BCUT2D eigenvalue weighted by Gasteiger charge is 2.24. The van der Waals surface area contributed by atoms with Crippen molar-refractivity contribution in [2.75, 3.05) is 0 Å². The number of aromatic hydroxyl groups is 1. The lowest BCUT2D eigenvalue weighted by atomic mass is 10.1. The van der Waals surface area contributed by atoms with Gasteiger partial charge in [0, 0.05) is 0 Å². The van der Waals surface area contributed by atoms with Crippen LogP contribution in [0, 0.1) is 41.5 Å². The molecule has 0 saturated carbocycles. The van der Waals surface area contributed by atoms with Crippen molar-refractivity contribution < 1.29 is 5.11 Å². The molecule has 1 nitrogen and oxygen atoms in total. The van der Waals surface area contributed by atoms with Gasteiger partial charge in [0.25, 0.3) is 0 Å². The summed E-state index contributed by atoms with van der Waals surface area (Å²) in [6, 6.07) is 37.5. The maximum absolute atomic E-state index is 9.79. The number of aryl methyl sites for hydroxylation is 4. The Morgan fingerprint density at radius 1 is 0.421 bits per heavy atom. The Hall–Kier alpha value is -3.67. The van der Waals surface area contributed by atoms with Crippen molar-refractivity contribution >= 4 is 23.8 Å². The maximum Gasteiger partial charge on any atom is 0.115 e. The highest BCUT2D eigenvalue weighted by molar-refractivity contribution is 7.80. The van der Waals surface area contributed by atoms with Gasteiger partial charge in [-0.25, -0.2) is 0 Å². The molecule has 0 spiro atoms. The second-order valence-electron chi connectivity index (χ2n) is 9.93. The number of hydrogen-bond donors (Lipinski definition) is 1. The molecule has 5 aromatic carbocycles. The first-order valence-corrected chi connectivity index (χ1v) is 14.5. The van der Waals surface area contributed by atoms with Crippen molar-refractivity contribution in [3.8, 4) is 16.9 Å². The molecular formula is C36H37OP. The number of benzene rings is 5. The van der Waals surface area contributed by atoms with Gasteiger partial charge in [0.1, 0.15) is 5.75 Å². The van der Waals surface area contributed by atoms with Crippen LogP contribution in [0.2, 0.25) is 0 Å². The van der Waals surface area contributed by atoms with Gasteiger partial charge in [-0.1, -0.05) is 97.1 Å². The summed E-state index contributed by atoms with van der Waals surface area (Å²) in [7, 11) is -0.685. The second-order valence-corrected chi connectivity index (χ2v) is 12.0. The Balaban J connectivity index is 0.000000232. The van der Waals surface area contributed by atoms with E-state index in [4.69, 9.17) is 0 Å². The Labute approximate surface area is 229 Å². The summed E-state index contributed by atoms with van der Waals surface area (Å²) in [6.45, 7) is 13.3. The molecule has 0 aliphatic rings. The van der Waals surface area contributed by atoms with E-state index < -0.39 is 7.92 Å². The van der Waals surface area contributed by atoms with Gasteiger partial charge in [-0.05, 0) is 122 Å². The SMILES string of the molecule is Cc1ccc(C)c(P(c2ccc(O)cc2)c2c(C)ccc(C)c2C)c1C.c1ccc(-c2ccccc2)cc1. The van der Waals surface area contributed by atoms with Crippen LogP contribution in [0.25, 0.3) is 11.1 Å². The first-order valence-electron chi connectivity index (χ1n) is 13.1. The van der Waals surface area contributed by atoms with Crippen LogP contribution in [0.1, 0.15) is 33.4 Å². The largest absolute Gasteiger partial charge is 0.508 e. The summed E-state index contributed by atoms with van der Waals surface area (Å²) < 4.78 is 0. The van der Waals surface area contributed by atoms with Crippen LogP contribution in [-0.2, 0) is 0 Å². The van der Waals surface area contributed by atoms with E-state index in [-0.39, 0.29) is 0 Å². The van der Waals surface area contributed by atoms with Crippen molar-refractivity contribution in [2.45, 2.75) is 41.5 Å². The summed E-state index contributed by atoms with van der Waals surface area (Å²) >= 11 is 0. The molecule has 0 atom stereocenters. The standard InChI is InChI=1S/C24H27OP.C12H10/c1-15-7-9-17(3)23(19(15)5)26(22-13-11-21(25)12-14-22)24-18(4)10-8-16(2)20(24)6;1-3-7-11(8-4-1)12-9-5-2-6-10-12/h7-14,25H,1-6H3;1-10H. The van der Waals surface area contributed by atoms with Gasteiger partial charge < -0.3 is 5.11 Å². The zero-order valence-corrected chi connectivity index (χ0v) is 24.2. The van der Waals surface area contributed by atoms with Crippen molar-refractivity contribution in [2.24, 2.45) is 0 Å². The average Bonchev–Trinajstić information content (AvgIpc) is 2.94. The summed E-state index contributed by atoms with van der Waals surface area (Å²) in [5.41, 5.74) is 10.7. The molecule has 5 rings (SSSR count). The molecule has 0 aliphatic carbocycles. The number of hydrogen-bond acceptors (Lipinski definition) is 1. The molecule has 0 heterocycles. The predicted octanol–water partition coefficient (Wildman–Crippen LogP) is 8.35. The number of rotatable bonds is 4. The van der Waals surface area contributed by atoms with Gasteiger partial charge in [-0.2, -0.15) is 0 Å². The average molecular weight is 517 g/mol. The van der Waals surface area contributed by atoms with Gasteiger partial charge in [0.15, 0.2) is 0 Å². The molecular weight excluding hydrogens is 479 g/mol.